The number of benzene rings is 3. The molecule has 1 atom stereocenters. The van der Waals surface area contributed by atoms with Gasteiger partial charge in [0.15, 0.2) is 0 Å². The number of ether oxygens (including phenoxy) is 2. The predicted octanol–water partition coefficient (Wildman–Crippen LogP) is 4.77. The second kappa shape index (κ2) is 14.2. The Morgan fingerprint density at radius 1 is 0.857 bits per heavy atom. The Bertz CT molecular complexity index is 1420. The second-order valence-electron chi connectivity index (χ2n) is 10.4. The highest BCUT2D eigenvalue weighted by molar-refractivity contribution is 7.92. The van der Waals surface area contributed by atoms with Crippen molar-refractivity contribution in [3.05, 3.63) is 84.4 Å². The Balaban J connectivity index is 1.66. The van der Waals surface area contributed by atoms with Gasteiger partial charge in [0.05, 0.1) is 24.8 Å². The smallest absolute Gasteiger partial charge is 0.264 e. The van der Waals surface area contributed by atoms with E-state index in [4.69, 9.17) is 9.47 Å². The molecule has 0 radical (unpaired) electrons. The lowest BCUT2D eigenvalue weighted by molar-refractivity contribution is -0.139. The third-order valence-electron chi connectivity index (χ3n) is 7.60. The first-order valence-corrected chi connectivity index (χ1v) is 15.6. The average molecular weight is 594 g/mol. The fourth-order valence-corrected chi connectivity index (χ4v) is 6.51. The maximum absolute atomic E-state index is 14.1. The van der Waals surface area contributed by atoms with Gasteiger partial charge in [-0.1, -0.05) is 49.6 Å². The van der Waals surface area contributed by atoms with Gasteiger partial charge in [-0.3, -0.25) is 13.9 Å². The van der Waals surface area contributed by atoms with Crippen LogP contribution in [0, 0.1) is 0 Å². The minimum Gasteiger partial charge on any atom is -0.497 e. The largest absolute Gasteiger partial charge is 0.497 e. The Labute approximate surface area is 248 Å². The van der Waals surface area contributed by atoms with Crippen LogP contribution in [0.5, 0.6) is 11.5 Å². The first-order valence-electron chi connectivity index (χ1n) is 14.2. The molecule has 3 aromatic carbocycles. The summed E-state index contributed by atoms with van der Waals surface area (Å²) in [6, 6.07) is 20.9. The Kier molecular flexibility index (Phi) is 10.5. The second-order valence-corrected chi connectivity index (χ2v) is 12.3. The summed E-state index contributed by atoms with van der Waals surface area (Å²) in [6.45, 7) is 1.30. The predicted molar refractivity (Wildman–Crippen MR) is 162 cm³/mol. The van der Waals surface area contributed by atoms with Crippen LogP contribution in [0.4, 0.5) is 5.69 Å². The van der Waals surface area contributed by atoms with Crippen molar-refractivity contribution in [1.82, 2.24) is 10.2 Å². The number of hydrogen-bond donors (Lipinski definition) is 1. The maximum atomic E-state index is 14.1. The van der Waals surface area contributed by atoms with Crippen LogP contribution in [0.15, 0.2) is 83.8 Å². The van der Waals surface area contributed by atoms with Gasteiger partial charge in [-0.15, -0.1) is 0 Å². The number of nitrogens with zero attached hydrogens (tertiary/aromatic N) is 2. The van der Waals surface area contributed by atoms with Crippen LogP contribution in [0.1, 0.15) is 44.6 Å². The van der Waals surface area contributed by atoms with Gasteiger partial charge in [-0.25, -0.2) is 8.42 Å². The molecule has 224 valence electrons. The Hall–Kier alpha value is -4.05. The number of amides is 2. The fourth-order valence-electron chi connectivity index (χ4n) is 5.08. The van der Waals surface area contributed by atoms with Crippen LogP contribution < -0.4 is 19.1 Å². The SMILES string of the molecule is COc1ccc(CN(C(=O)CN(c2ccc(OC)cc2)S(=O)(=O)c2ccccc2)C(C)C(=O)NC2CCCCC2)cc1. The lowest BCUT2D eigenvalue weighted by atomic mass is 9.95. The Morgan fingerprint density at radius 3 is 2.00 bits per heavy atom. The molecule has 0 aliphatic heterocycles. The molecular formula is C32H39N3O6S. The first kappa shape index (κ1) is 30.9. The van der Waals surface area contributed by atoms with E-state index in [1.165, 1.54) is 24.1 Å². The van der Waals surface area contributed by atoms with E-state index in [9.17, 15) is 18.0 Å². The van der Waals surface area contributed by atoms with Gasteiger partial charge in [0.25, 0.3) is 10.0 Å². The highest BCUT2D eigenvalue weighted by Crippen LogP contribution is 2.27. The topological polar surface area (TPSA) is 105 Å². The molecule has 1 aliphatic rings. The Morgan fingerprint density at radius 2 is 1.43 bits per heavy atom. The molecule has 1 saturated carbocycles. The number of methoxy groups -OCH3 is 2. The van der Waals surface area contributed by atoms with Gasteiger partial charge in [0.1, 0.15) is 24.1 Å². The zero-order valence-electron chi connectivity index (χ0n) is 24.4. The molecular weight excluding hydrogens is 554 g/mol. The van der Waals surface area contributed by atoms with Crippen molar-refractivity contribution in [1.29, 1.82) is 0 Å². The fraction of sp³-hybridized carbons (Fsp3) is 0.375. The molecule has 3 aromatic rings. The molecule has 0 bridgehead atoms. The molecule has 0 heterocycles. The van der Waals surface area contributed by atoms with Crippen molar-refractivity contribution >= 4 is 27.5 Å². The third kappa shape index (κ3) is 7.61. The minimum atomic E-state index is -4.12. The lowest BCUT2D eigenvalue weighted by Crippen LogP contribution is -2.53. The quantitative estimate of drug-likeness (QED) is 0.325. The number of carbonyl (C=O) groups is 2. The highest BCUT2D eigenvalue weighted by Gasteiger charge is 2.33. The minimum absolute atomic E-state index is 0.0541. The summed E-state index contributed by atoms with van der Waals surface area (Å²) in [7, 11) is -1.03. The molecule has 9 nitrogen and oxygen atoms in total. The van der Waals surface area contributed by atoms with Crippen molar-refractivity contribution in [3.63, 3.8) is 0 Å². The summed E-state index contributed by atoms with van der Waals surface area (Å²) >= 11 is 0. The van der Waals surface area contributed by atoms with Crippen LogP contribution in [-0.2, 0) is 26.2 Å². The molecule has 0 aromatic heterocycles. The molecule has 1 fully saturated rings. The van der Waals surface area contributed by atoms with E-state index in [0.29, 0.717) is 17.2 Å². The van der Waals surface area contributed by atoms with E-state index in [1.54, 1.807) is 68.6 Å². The summed E-state index contributed by atoms with van der Waals surface area (Å²) in [5.41, 5.74) is 1.08. The van der Waals surface area contributed by atoms with E-state index in [-0.39, 0.29) is 23.4 Å². The highest BCUT2D eigenvalue weighted by atomic mass is 32.2. The molecule has 10 heteroatoms. The monoisotopic (exact) mass is 593 g/mol. The lowest BCUT2D eigenvalue weighted by Gasteiger charge is -2.33. The first-order chi connectivity index (χ1) is 20.2. The summed E-state index contributed by atoms with van der Waals surface area (Å²) in [4.78, 5) is 29.0. The summed E-state index contributed by atoms with van der Waals surface area (Å²) in [5.74, 6) is 0.453. The molecule has 1 N–H and O–H groups in total. The number of anilines is 1. The third-order valence-corrected chi connectivity index (χ3v) is 9.39. The van der Waals surface area contributed by atoms with Crippen molar-refractivity contribution in [2.24, 2.45) is 0 Å². The van der Waals surface area contributed by atoms with Gasteiger partial charge in [-0.05, 0) is 73.9 Å². The zero-order chi connectivity index (χ0) is 30.1. The van der Waals surface area contributed by atoms with E-state index in [2.05, 4.69) is 5.32 Å². The van der Waals surface area contributed by atoms with E-state index < -0.39 is 28.5 Å². The number of rotatable bonds is 12. The van der Waals surface area contributed by atoms with Crippen LogP contribution in [0.25, 0.3) is 0 Å². The van der Waals surface area contributed by atoms with Crippen LogP contribution in [0.2, 0.25) is 0 Å². The summed E-state index contributed by atoms with van der Waals surface area (Å²) in [5, 5.41) is 3.11. The van der Waals surface area contributed by atoms with E-state index in [0.717, 1.165) is 42.0 Å². The van der Waals surface area contributed by atoms with Crippen molar-refractivity contribution in [2.75, 3.05) is 25.1 Å². The van der Waals surface area contributed by atoms with Crippen LogP contribution in [0.3, 0.4) is 0 Å². The normalized spacial score (nSPS) is 14.5. The zero-order valence-corrected chi connectivity index (χ0v) is 25.2. The van der Waals surface area contributed by atoms with Crippen molar-refractivity contribution < 1.29 is 27.5 Å². The van der Waals surface area contributed by atoms with Crippen molar-refractivity contribution in [2.45, 2.75) is 62.6 Å². The standard InChI is InChI=1S/C32H39N3O6S/c1-24(32(37)33-26-10-6-4-7-11-26)34(22-25-14-18-28(40-2)19-15-25)31(36)23-35(27-16-20-29(41-3)21-17-27)42(38,39)30-12-8-5-9-13-30/h5,8-9,12-21,24,26H,4,6-7,10-11,22-23H2,1-3H3,(H,33,37). The van der Waals surface area contributed by atoms with E-state index in [1.807, 2.05) is 12.1 Å². The van der Waals surface area contributed by atoms with Gasteiger partial charge >= 0.3 is 0 Å². The molecule has 42 heavy (non-hydrogen) atoms. The molecule has 0 saturated heterocycles. The van der Waals surface area contributed by atoms with Gasteiger partial charge in [0.2, 0.25) is 11.8 Å². The molecule has 4 rings (SSSR count). The summed E-state index contributed by atoms with van der Waals surface area (Å²) in [6.07, 6.45) is 5.09. The van der Waals surface area contributed by atoms with Gasteiger partial charge in [-0.2, -0.15) is 0 Å². The molecule has 0 spiro atoms. The maximum Gasteiger partial charge on any atom is 0.264 e. The van der Waals surface area contributed by atoms with E-state index >= 15 is 0 Å². The number of hydrogen-bond acceptors (Lipinski definition) is 6. The molecule has 1 unspecified atom stereocenters. The number of carbonyl (C=O) groups excluding carboxylic acids is 2. The number of nitrogens with one attached hydrogen (secondary N) is 1. The molecule has 2 amide bonds. The van der Waals surface area contributed by atoms with Gasteiger partial charge in [0, 0.05) is 12.6 Å². The van der Waals surface area contributed by atoms with Crippen LogP contribution >= 0.6 is 0 Å². The summed E-state index contributed by atoms with van der Waals surface area (Å²) < 4.78 is 39.3. The van der Waals surface area contributed by atoms with Gasteiger partial charge < -0.3 is 19.7 Å². The van der Waals surface area contributed by atoms with Crippen LogP contribution in [-0.4, -0.2) is 58.0 Å². The number of sulfonamides is 1. The van der Waals surface area contributed by atoms with Crippen molar-refractivity contribution in [3.8, 4) is 11.5 Å². The molecule has 1 aliphatic carbocycles. The average Bonchev–Trinajstić information content (AvgIpc) is 3.03.